The number of anilines is 1. The number of hydrogen-bond donors (Lipinski definition) is 1. The monoisotopic (exact) mass is 680 g/mol. The third-order valence-corrected chi connectivity index (χ3v) is 15.8. The second kappa shape index (κ2) is 13.3. The number of halogens is 4. The van der Waals surface area contributed by atoms with E-state index in [-0.39, 0.29) is 36.4 Å². The van der Waals surface area contributed by atoms with Crippen LogP contribution < -0.4 is 5.32 Å². The van der Waals surface area contributed by atoms with Crippen molar-refractivity contribution in [1.29, 1.82) is 0 Å². The third kappa shape index (κ3) is 6.94. The summed E-state index contributed by atoms with van der Waals surface area (Å²) >= 11 is 0. The Morgan fingerprint density at radius 3 is 2.23 bits per heavy atom. The van der Waals surface area contributed by atoms with E-state index in [0.717, 1.165) is 17.3 Å². The van der Waals surface area contributed by atoms with E-state index in [1.54, 1.807) is 23.1 Å². The molecule has 3 aromatic heterocycles. The Morgan fingerprint density at radius 2 is 1.67 bits per heavy atom. The molecule has 0 saturated heterocycles. The summed E-state index contributed by atoms with van der Waals surface area (Å²) in [6, 6.07) is 5.49. The van der Waals surface area contributed by atoms with Crippen molar-refractivity contribution in [2.24, 2.45) is 7.05 Å². The molecule has 1 amide bonds. The summed E-state index contributed by atoms with van der Waals surface area (Å²) in [5.74, 6) is 2.25. The van der Waals surface area contributed by atoms with Crippen LogP contribution in [0.4, 0.5) is 23.4 Å². The lowest BCUT2D eigenvalue weighted by molar-refractivity contribution is -0.165. The molecular formula is C35H40F4N6O2Si. The van der Waals surface area contributed by atoms with Gasteiger partial charge in [0, 0.05) is 49.3 Å². The number of nitrogens with one attached hydrogen (secondary N) is 1. The Morgan fingerprint density at radius 1 is 1.02 bits per heavy atom. The number of nitrogens with zero attached hydrogens (tertiary/aromatic N) is 5. The summed E-state index contributed by atoms with van der Waals surface area (Å²) in [7, 11) is -0.0760. The normalized spacial score (nSPS) is 14.4. The predicted molar refractivity (Wildman–Crippen MR) is 177 cm³/mol. The molecule has 1 aliphatic carbocycles. The van der Waals surface area contributed by atoms with Gasteiger partial charge in [-0.2, -0.15) is 18.3 Å². The maximum atomic E-state index is 15.1. The van der Waals surface area contributed by atoms with Crippen LogP contribution in [0.15, 0.2) is 47.4 Å². The lowest BCUT2D eigenvalue weighted by Crippen LogP contribution is -2.43. The zero-order valence-electron chi connectivity index (χ0n) is 28.2. The number of carbonyl (C=O) groups excluding carboxylic acids is 1. The molecule has 0 unspecified atom stereocenters. The zero-order chi connectivity index (χ0) is 35.0. The molecule has 1 N–H and O–H groups in total. The minimum atomic E-state index is -4.47. The quantitative estimate of drug-likeness (QED) is 0.104. The SMILES string of the molecule is CC(C)[Si](C#Cc1nn(C)cc1Cc1ncc(-c2ccc(CC(=O)Nc3cc(C4(C(F)(F)F)CC4)on3)c(F)c2)cn1)(C(C)C)C(C)C. The minimum Gasteiger partial charge on any atom is -0.358 e. The van der Waals surface area contributed by atoms with Crippen LogP contribution in [0.3, 0.4) is 0 Å². The molecule has 5 rings (SSSR count). The first kappa shape index (κ1) is 35.0. The molecule has 1 fully saturated rings. The summed E-state index contributed by atoms with van der Waals surface area (Å²) in [6.45, 7) is 13.6. The highest BCUT2D eigenvalue weighted by Gasteiger charge is 2.67. The maximum absolute atomic E-state index is 15.1. The Labute approximate surface area is 278 Å². The Hall–Kier alpha value is -4.31. The van der Waals surface area contributed by atoms with E-state index < -0.39 is 31.4 Å². The van der Waals surface area contributed by atoms with Crippen molar-refractivity contribution in [1.82, 2.24) is 24.9 Å². The summed E-state index contributed by atoms with van der Waals surface area (Å²) in [6.07, 6.45) is 0.604. The molecule has 1 aliphatic rings. The van der Waals surface area contributed by atoms with E-state index in [0.29, 0.717) is 40.0 Å². The van der Waals surface area contributed by atoms with Gasteiger partial charge in [-0.05, 0) is 46.7 Å². The first-order chi connectivity index (χ1) is 22.6. The number of hydrogen-bond acceptors (Lipinski definition) is 6. The highest BCUT2D eigenvalue weighted by molar-refractivity contribution is 6.90. The summed E-state index contributed by atoms with van der Waals surface area (Å²) in [5.41, 5.74) is 6.07. The van der Waals surface area contributed by atoms with E-state index in [1.165, 1.54) is 12.1 Å². The molecule has 0 spiro atoms. The average molecular weight is 681 g/mol. The topological polar surface area (TPSA) is 98.7 Å². The van der Waals surface area contributed by atoms with Crippen molar-refractivity contribution in [3.05, 3.63) is 77.1 Å². The van der Waals surface area contributed by atoms with Crippen LogP contribution in [-0.2, 0) is 30.1 Å². The number of alkyl halides is 3. The van der Waals surface area contributed by atoms with Gasteiger partial charge in [-0.25, -0.2) is 14.4 Å². The van der Waals surface area contributed by atoms with Gasteiger partial charge >= 0.3 is 6.18 Å². The third-order valence-electron chi connectivity index (χ3n) is 9.50. The van der Waals surface area contributed by atoms with Crippen molar-refractivity contribution in [2.45, 2.75) is 95.4 Å². The molecule has 3 heterocycles. The van der Waals surface area contributed by atoms with Crippen molar-refractivity contribution in [3.63, 3.8) is 0 Å². The van der Waals surface area contributed by atoms with Crippen LogP contribution in [-0.4, -0.2) is 45.1 Å². The summed E-state index contributed by atoms with van der Waals surface area (Å²) in [4.78, 5) is 21.6. The number of aromatic nitrogens is 5. The molecule has 254 valence electrons. The van der Waals surface area contributed by atoms with Crippen LogP contribution in [0.5, 0.6) is 0 Å². The number of benzene rings is 1. The molecule has 0 aliphatic heterocycles. The highest BCUT2D eigenvalue weighted by atomic mass is 28.3. The molecule has 1 aromatic carbocycles. The fourth-order valence-corrected chi connectivity index (χ4v) is 11.9. The van der Waals surface area contributed by atoms with E-state index in [2.05, 4.69) is 78.5 Å². The van der Waals surface area contributed by atoms with Gasteiger partial charge in [0.05, 0.1) is 6.42 Å². The molecule has 13 heteroatoms. The van der Waals surface area contributed by atoms with Crippen LogP contribution >= 0.6 is 0 Å². The standard InChI is InChI=1S/C35H40F4N6O2Si/c1-21(2)48(22(3)4,23(5)6)13-10-29-26(20-45(7)43-29)15-31-40-18-27(19-41-31)24-8-9-25(28(36)14-24)16-33(46)42-32-17-30(47-44-32)34(11-12-34)35(37,38)39/h8-9,14,17-23H,11-12,15-16H2,1-7H3,(H,42,44,46). The van der Waals surface area contributed by atoms with Crippen molar-refractivity contribution < 1.29 is 26.9 Å². The van der Waals surface area contributed by atoms with E-state index in [4.69, 9.17) is 4.52 Å². The van der Waals surface area contributed by atoms with Gasteiger partial charge in [-0.15, -0.1) is 5.54 Å². The maximum Gasteiger partial charge on any atom is 0.401 e. The Balaban J connectivity index is 1.25. The smallest absolute Gasteiger partial charge is 0.358 e. The summed E-state index contributed by atoms with van der Waals surface area (Å²) in [5, 5.41) is 10.6. The average Bonchev–Trinajstić information content (AvgIpc) is 3.59. The number of carbonyl (C=O) groups is 1. The van der Waals surface area contributed by atoms with Gasteiger partial charge < -0.3 is 9.84 Å². The predicted octanol–water partition coefficient (Wildman–Crippen LogP) is 7.94. The first-order valence-corrected chi connectivity index (χ1v) is 18.3. The van der Waals surface area contributed by atoms with Crippen molar-refractivity contribution in [3.8, 4) is 22.6 Å². The Kier molecular flexibility index (Phi) is 9.70. The van der Waals surface area contributed by atoms with E-state index in [1.807, 2.05) is 13.2 Å². The number of aryl methyl sites for hydroxylation is 1. The van der Waals surface area contributed by atoms with Crippen LogP contribution in [0.2, 0.25) is 16.6 Å². The summed E-state index contributed by atoms with van der Waals surface area (Å²) < 4.78 is 61.7. The van der Waals surface area contributed by atoms with Gasteiger partial charge in [-0.3, -0.25) is 9.48 Å². The zero-order valence-corrected chi connectivity index (χ0v) is 29.2. The van der Waals surface area contributed by atoms with E-state index >= 15 is 4.39 Å². The van der Waals surface area contributed by atoms with Crippen molar-refractivity contribution >= 4 is 19.8 Å². The fourth-order valence-electron chi connectivity index (χ4n) is 6.72. The van der Waals surface area contributed by atoms with E-state index in [9.17, 15) is 18.0 Å². The largest absolute Gasteiger partial charge is 0.401 e. The molecule has 48 heavy (non-hydrogen) atoms. The number of rotatable bonds is 10. The molecular weight excluding hydrogens is 641 g/mol. The fraction of sp³-hybridized carbons (Fsp3) is 0.457. The molecule has 0 radical (unpaired) electrons. The van der Waals surface area contributed by atoms with Gasteiger partial charge in [0.15, 0.2) is 11.6 Å². The highest BCUT2D eigenvalue weighted by Crippen LogP contribution is 2.59. The lowest BCUT2D eigenvalue weighted by Gasteiger charge is -2.38. The van der Waals surface area contributed by atoms with Crippen LogP contribution in [0.25, 0.3) is 11.1 Å². The van der Waals surface area contributed by atoms with Crippen molar-refractivity contribution in [2.75, 3.05) is 5.32 Å². The van der Waals surface area contributed by atoms with Gasteiger partial charge in [0.1, 0.15) is 30.8 Å². The lowest BCUT2D eigenvalue weighted by atomic mass is 10.0. The molecule has 0 bridgehead atoms. The Bertz CT molecular complexity index is 1820. The molecule has 0 atom stereocenters. The molecule has 4 aromatic rings. The molecule has 8 nitrogen and oxygen atoms in total. The number of amides is 1. The second-order valence-corrected chi connectivity index (χ2v) is 19.2. The minimum absolute atomic E-state index is 0.0948. The first-order valence-electron chi connectivity index (χ1n) is 16.0. The van der Waals surface area contributed by atoms with Crippen LogP contribution in [0.1, 0.15) is 82.8 Å². The van der Waals surface area contributed by atoms with Crippen LogP contribution in [0, 0.1) is 17.3 Å². The van der Waals surface area contributed by atoms with Gasteiger partial charge in [0.25, 0.3) is 0 Å². The van der Waals surface area contributed by atoms with Gasteiger partial charge in [-0.1, -0.05) is 64.8 Å². The second-order valence-electron chi connectivity index (χ2n) is 13.6. The van der Waals surface area contributed by atoms with Gasteiger partial charge in [0.2, 0.25) is 5.91 Å². The molecule has 1 saturated carbocycles.